The maximum atomic E-state index is 9.73. The third kappa shape index (κ3) is 3.01. The van der Waals surface area contributed by atoms with Crippen LogP contribution in [0.5, 0.6) is 5.75 Å². The molecule has 0 spiro atoms. The first-order chi connectivity index (χ1) is 8.18. The average Bonchev–Trinajstić information content (AvgIpc) is 2.30. The molecule has 0 radical (unpaired) electrons. The van der Waals surface area contributed by atoms with Crippen molar-refractivity contribution in [1.82, 2.24) is 5.32 Å². The number of rotatable bonds is 3. The van der Waals surface area contributed by atoms with Crippen molar-refractivity contribution >= 4 is 0 Å². The summed E-state index contributed by atoms with van der Waals surface area (Å²) in [5.74, 6) is 1.88. The zero-order valence-electron chi connectivity index (χ0n) is 10.8. The lowest BCUT2D eigenvalue weighted by molar-refractivity contribution is 0.207. The number of benzene rings is 1. The molecule has 0 aromatic heterocycles. The summed E-state index contributed by atoms with van der Waals surface area (Å²) in [6.45, 7) is 5.43. The Morgan fingerprint density at radius 2 is 1.82 bits per heavy atom. The van der Waals surface area contributed by atoms with Gasteiger partial charge in [0.25, 0.3) is 0 Å². The fourth-order valence-corrected chi connectivity index (χ4v) is 2.97. The Bertz CT molecular complexity index is 354. The van der Waals surface area contributed by atoms with Gasteiger partial charge in [-0.1, -0.05) is 38.5 Å². The van der Waals surface area contributed by atoms with Gasteiger partial charge in [-0.25, -0.2) is 0 Å². The molecule has 1 fully saturated rings. The zero-order valence-corrected chi connectivity index (χ0v) is 10.8. The molecule has 2 N–H and O–H groups in total. The summed E-state index contributed by atoms with van der Waals surface area (Å²) in [6, 6.07) is 8.17. The van der Waals surface area contributed by atoms with Crippen molar-refractivity contribution in [1.29, 1.82) is 0 Å². The average molecular weight is 233 g/mol. The highest BCUT2D eigenvalue weighted by molar-refractivity contribution is 5.31. The lowest BCUT2D eigenvalue weighted by Crippen LogP contribution is -2.42. The number of para-hydroxylation sites is 1. The van der Waals surface area contributed by atoms with Gasteiger partial charge >= 0.3 is 0 Å². The largest absolute Gasteiger partial charge is 0.508 e. The van der Waals surface area contributed by atoms with E-state index in [4.69, 9.17) is 0 Å². The molecule has 94 valence electrons. The Labute approximate surface area is 104 Å². The van der Waals surface area contributed by atoms with E-state index in [1.165, 1.54) is 19.3 Å². The van der Waals surface area contributed by atoms with E-state index in [1.807, 2.05) is 18.2 Å². The van der Waals surface area contributed by atoms with Gasteiger partial charge < -0.3 is 10.4 Å². The van der Waals surface area contributed by atoms with Gasteiger partial charge in [-0.3, -0.25) is 0 Å². The molecule has 1 aromatic rings. The lowest BCUT2D eigenvalue weighted by Gasteiger charge is -2.35. The van der Waals surface area contributed by atoms with Crippen molar-refractivity contribution in [3.05, 3.63) is 29.8 Å². The van der Waals surface area contributed by atoms with Crippen LogP contribution < -0.4 is 5.32 Å². The third-order valence-corrected chi connectivity index (χ3v) is 4.06. The second-order valence-corrected chi connectivity index (χ2v) is 5.42. The van der Waals surface area contributed by atoms with Crippen molar-refractivity contribution in [3.8, 4) is 5.75 Å². The van der Waals surface area contributed by atoms with Crippen molar-refractivity contribution < 1.29 is 5.11 Å². The minimum absolute atomic E-state index is 0.399. The summed E-state index contributed by atoms with van der Waals surface area (Å²) in [6.07, 6.45) is 4.00. The number of phenols is 1. The molecule has 0 saturated heterocycles. The topological polar surface area (TPSA) is 32.3 Å². The molecule has 0 aliphatic heterocycles. The van der Waals surface area contributed by atoms with Gasteiger partial charge in [0, 0.05) is 18.2 Å². The number of aromatic hydroxyl groups is 1. The first-order valence-corrected chi connectivity index (χ1v) is 6.68. The zero-order chi connectivity index (χ0) is 12.3. The summed E-state index contributed by atoms with van der Waals surface area (Å²) in [7, 11) is 0. The molecule has 2 nitrogen and oxygen atoms in total. The highest BCUT2D eigenvalue weighted by atomic mass is 16.3. The fourth-order valence-electron chi connectivity index (χ4n) is 2.97. The molecule has 0 heterocycles. The van der Waals surface area contributed by atoms with Crippen LogP contribution in [0, 0.1) is 11.8 Å². The van der Waals surface area contributed by atoms with Crippen LogP contribution in [0.2, 0.25) is 0 Å². The second kappa shape index (κ2) is 5.54. The molecule has 17 heavy (non-hydrogen) atoms. The monoisotopic (exact) mass is 233 g/mol. The standard InChI is InChI=1S/C15H23NO/c1-11-6-5-7-12(2)15(11)16-10-13-8-3-4-9-14(13)17/h3-4,8-9,11-12,15-17H,5-7,10H2,1-2H3. The minimum Gasteiger partial charge on any atom is -0.508 e. The van der Waals surface area contributed by atoms with Crippen LogP contribution in [0.15, 0.2) is 24.3 Å². The Kier molecular flexibility index (Phi) is 4.06. The van der Waals surface area contributed by atoms with E-state index in [0.29, 0.717) is 11.8 Å². The van der Waals surface area contributed by atoms with Gasteiger partial charge in [-0.2, -0.15) is 0 Å². The predicted octanol–water partition coefficient (Wildman–Crippen LogP) is 3.31. The summed E-state index contributed by atoms with van der Waals surface area (Å²) in [5.41, 5.74) is 0.998. The second-order valence-electron chi connectivity index (χ2n) is 5.42. The predicted molar refractivity (Wildman–Crippen MR) is 70.9 cm³/mol. The SMILES string of the molecule is CC1CCCC(C)C1NCc1ccccc1O. The molecule has 1 aliphatic carbocycles. The van der Waals surface area contributed by atoms with Crippen LogP contribution >= 0.6 is 0 Å². The van der Waals surface area contributed by atoms with E-state index in [1.54, 1.807) is 6.07 Å². The molecular weight excluding hydrogens is 210 g/mol. The first-order valence-electron chi connectivity index (χ1n) is 6.68. The Balaban J connectivity index is 1.95. The molecule has 2 unspecified atom stereocenters. The van der Waals surface area contributed by atoms with Crippen molar-refractivity contribution in [2.75, 3.05) is 0 Å². The van der Waals surface area contributed by atoms with Gasteiger partial charge in [0.1, 0.15) is 5.75 Å². The molecule has 2 heteroatoms. The number of hydrogen-bond donors (Lipinski definition) is 2. The molecule has 2 rings (SSSR count). The molecule has 2 atom stereocenters. The maximum absolute atomic E-state index is 9.73. The van der Waals surface area contributed by atoms with Gasteiger partial charge in [0.2, 0.25) is 0 Å². The van der Waals surface area contributed by atoms with Crippen LogP contribution in [-0.2, 0) is 6.54 Å². The van der Waals surface area contributed by atoms with Crippen LogP contribution in [0.1, 0.15) is 38.7 Å². The molecule has 1 aliphatic rings. The van der Waals surface area contributed by atoms with Gasteiger partial charge in [0.15, 0.2) is 0 Å². The van der Waals surface area contributed by atoms with Crippen LogP contribution in [0.3, 0.4) is 0 Å². The van der Waals surface area contributed by atoms with Crippen LogP contribution in [-0.4, -0.2) is 11.1 Å². The highest BCUT2D eigenvalue weighted by Crippen LogP contribution is 2.29. The lowest BCUT2D eigenvalue weighted by atomic mass is 9.78. The van der Waals surface area contributed by atoms with E-state index >= 15 is 0 Å². The molecule has 0 amide bonds. The Morgan fingerprint density at radius 3 is 2.47 bits per heavy atom. The van der Waals surface area contributed by atoms with Gasteiger partial charge in [0.05, 0.1) is 0 Å². The van der Waals surface area contributed by atoms with Crippen molar-refractivity contribution in [3.63, 3.8) is 0 Å². The number of phenolic OH excluding ortho intramolecular Hbond substituents is 1. The molecule has 1 aromatic carbocycles. The van der Waals surface area contributed by atoms with Gasteiger partial charge in [-0.05, 0) is 30.7 Å². The summed E-state index contributed by atoms with van der Waals surface area (Å²) < 4.78 is 0. The highest BCUT2D eigenvalue weighted by Gasteiger charge is 2.27. The first kappa shape index (κ1) is 12.4. The van der Waals surface area contributed by atoms with Crippen molar-refractivity contribution in [2.24, 2.45) is 11.8 Å². The minimum atomic E-state index is 0.399. The summed E-state index contributed by atoms with van der Waals surface area (Å²) in [4.78, 5) is 0. The smallest absolute Gasteiger partial charge is 0.120 e. The van der Waals surface area contributed by atoms with E-state index in [2.05, 4.69) is 19.2 Å². The number of hydrogen-bond acceptors (Lipinski definition) is 2. The normalized spacial score (nSPS) is 29.2. The molecule has 0 bridgehead atoms. The van der Waals surface area contributed by atoms with E-state index in [9.17, 15) is 5.11 Å². The van der Waals surface area contributed by atoms with E-state index in [0.717, 1.165) is 23.9 Å². The van der Waals surface area contributed by atoms with Crippen LogP contribution in [0.25, 0.3) is 0 Å². The van der Waals surface area contributed by atoms with Crippen molar-refractivity contribution in [2.45, 2.75) is 45.7 Å². The third-order valence-electron chi connectivity index (χ3n) is 4.06. The van der Waals surface area contributed by atoms with E-state index in [-0.39, 0.29) is 0 Å². The maximum Gasteiger partial charge on any atom is 0.120 e. The Hall–Kier alpha value is -1.02. The van der Waals surface area contributed by atoms with E-state index < -0.39 is 0 Å². The summed E-state index contributed by atoms with van der Waals surface area (Å²) >= 11 is 0. The fraction of sp³-hybridized carbons (Fsp3) is 0.600. The molecular formula is C15H23NO. The quantitative estimate of drug-likeness (QED) is 0.839. The van der Waals surface area contributed by atoms with Crippen LogP contribution in [0.4, 0.5) is 0 Å². The number of nitrogens with one attached hydrogen (secondary N) is 1. The molecule has 1 saturated carbocycles. The van der Waals surface area contributed by atoms with Gasteiger partial charge in [-0.15, -0.1) is 0 Å². The Morgan fingerprint density at radius 1 is 1.18 bits per heavy atom. The summed E-state index contributed by atoms with van der Waals surface area (Å²) in [5, 5.41) is 13.4.